The smallest absolute Gasteiger partial charge is 0.231 e. The molecule has 1 spiro atoms. The largest absolute Gasteiger partial charge is 0.486 e. The third-order valence-corrected chi connectivity index (χ3v) is 6.22. The number of likely N-dealkylation sites (tertiary alicyclic amines) is 1. The van der Waals surface area contributed by atoms with Crippen LogP contribution in [0.4, 0.5) is 5.69 Å². The number of carbonyl (C=O) groups is 2. The molecule has 2 fully saturated rings. The van der Waals surface area contributed by atoms with E-state index in [0.717, 1.165) is 0 Å². The molecule has 1 aromatic carbocycles. The molecule has 2 bridgehead atoms. The zero-order valence-electron chi connectivity index (χ0n) is 16.1. The third kappa shape index (κ3) is 2.56. The van der Waals surface area contributed by atoms with Gasteiger partial charge in [-0.25, -0.2) is 0 Å². The molecule has 1 aromatic heterocycles. The van der Waals surface area contributed by atoms with Crippen molar-refractivity contribution >= 4 is 17.5 Å². The van der Waals surface area contributed by atoms with Crippen LogP contribution in [0.3, 0.4) is 0 Å². The fourth-order valence-electron chi connectivity index (χ4n) is 4.95. The number of benzene rings is 1. The summed E-state index contributed by atoms with van der Waals surface area (Å²) in [5, 5.41) is 2.93. The Balaban J connectivity index is 1.23. The maximum absolute atomic E-state index is 13.2. The standard InChI is InChI=1S/C22H20N2O6/c25-20(23-13-3-4-15-17(10-13)29-9-8-28-15)18-16-5-6-22(30-16)12-24(21(26)19(18)22)11-14-2-1-7-27-14/h1-7,10,16,18-19H,8-9,11-12H2,(H,23,25)/t16-,18-,19-,22+/m1/s1. The summed E-state index contributed by atoms with van der Waals surface area (Å²) in [6.07, 6.45) is 5.02. The van der Waals surface area contributed by atoms with E-state index in [1.165, 1.54) is 0 Å². The van der Waals surface area contributed by atoms with Crippen molar-refractivity contribution in [2.75, 3.05) is 25.1 Å². The molecule has 6 rings (SSSR count). The van der Waals surface area contributed by atoms with Crippen LogP contribution in [0, 0.1) is 11.8 Å². The molecule has 1 N–H and O–H groups in total. The van der Waals surface area contributed by atoms with E-state index in [1.807, 2.05) is 18.2 Å². The summed E-state index contributed by atoms with van der Waals surface area (Å²) in [6, 6.07) is 8.91. The molecule has 2 aromatic rings. The molecule has 4 aliphatic rings. The lowest BCUT2D eigenvalue weighted by Gasteiger charge is -2.24. The van der Waals surface area contributed by atoms with Crippen molar-refractivity contribution in [1.82, 2.24) is 4.90 Å². The van der Waals surface area contributed by atoms with Gasteiger partial charge >= 0.3 is 0 Å². The minimum atomic E-state index is -0.747. The van der Waals surface area contributed by atoms with E-state index in [9.17, 15) is 9.59 Å². The zero-order valence-corrected chi connectivity index (χ0v) is 16.1. The lowest BCUT2D eigenvalue weighted by atomic mass is 9.77. The lowest BCUT2D eigenvalue weighted by molar-refractivity contribution is -0.136. The van der Waals surface area contributed by atoms with Crippen molar-refractivity contribution in [3.63, 3.8) is 0 Å². The van der Waals surface area contributed by atoms with Crippen LogP contribution in [0.2, 0.25) is 0 Å². The molecule has 5 heterocycles. The summed E-state index contributed by atoms with van der Waals surface area (Å²) in [7, 11) is 0. The molecule has 8 nitrogen and oxygen atoms in total. The summed E-state index contributed by atoms with van der Waals surface area (Å²) in [5.41, 5.74) is -0.147. The summed E-state index contributed by atoms with van der Waals surface area (Å²) >= 11 is 0. The number of hydrogen-bond acceptors (Lipinski definition) is 6. The maximum Gasteiger partial charge on any atom is 0.231 e. The van der Waals surface area contributed by atoms with Crippen molar-refractivity contribution < 1.29 is 28.2 Å². The van der Waals surface area contributed by atoms with Crippen LogP contribution < -0.4 is 14.8 Å². The Morgan fingerprint density at radius 2 is 2.07 bits per heavy atom. The van der Waals surface area contributed by atoms with E-state index in [4.69, 9.17) is 18.6 Å². The fraction of sp³-hybridized carbons (Fsp3) is 0.364. The van der Waals surface area contributed by atoms with Crippen molar-refractivity contribution in [1.29, 1.82) is 0 Å². The van der Waals surface area contributed by atoms with Gasteiger partial charge < -0.3 is 28.8 Å². The van der Waals surface area contributed by atoms with Gasteiger partial charge in [0.15, 0.2) is 11.5 Å². The fourth-order valence-corrected chi connectivity index (χ4v) is 4.95. The van der Waals surface area contributed by atoms with Crippen molar-refractivity contribution in [3.8, 4) is 11.5 Å². The van der Waals surface area contributed by atoms with Gasteiger partial charge in [0.1, 0.15) is 24.6 Å². The number of furan rings is 1. The molecule has 0 aliphatic carbocycles. The first-order valence-corrected chi connectivity index (χ1v) is 10.0. The Bertz CT molecular complexity index is 1050. The monoisotopic (exact) mass is 408 g/mol. The van der Waals surface area contributed by atoms with Crippen molar-refractivity contribution in [2.24, 2.45) is 11.8 Å². The van der Waals surface area contributed by atoms with Gasteiger partial charge in [0.2, 0.25) is 11.8 Å². The van der Waals surface area contributed by atoms with Gasteiger partial charge in [-0.15, -0.1) is 0 Å². The maximum atomic E-state index is 13.2. The van der Waals surface area contributed by atoms with Gasteiger partial charge in [-0.3, -0.25) is 9.59 Å². The lowest BCUT2D eigenvalue weighted by Crippen LogP contribution is -2.41. The van der Waals surface area contributed by atoms with Gasteiger partial charge in [-0.2, -0.15) is 0 Å². The number of amides is 2. The third-order valence-electron chi connectivity index (χ3n) is 6.22. The summed E-state index contributed by atoms with van der Waals surface area (Å²) in [4.78, 5) is 28.1. The van der Waals surface area contributed by atoms with Crippen LogP contribution in [0.15, 0.2) is 53.2 Å². The normalized spacial score (nSPS) is 30.6. The molecule has 30 heavy (non-hydrogen) atoms. The van der Waals surface area contributed by atoms with Crippen molar-refractivity contribution in [3.05, 3.63) is 54.5 Å². The van der Waals surface area contributed by atoms with E-state index in [0.29, 0.717) is 49.2 Å². The first kappa shape index (κ1) is 17.6. The second kappa shape index (κ2) is 6.37. The summed E-state index contributed by atoms with van der Waals surface area (Å²) in [5.74, 6) is 0.513. The highest BCUT2D eigenvalue weighted by Gasteiger charge is 2.66. The topological polar surface area (TPSA) is 90.2 Å². The number of anilines is 1. The average Bonchev–Trinajstić information content (AvgIpc) is 3.51. The van der Waals surface area contributed by atoms with Crippen molar-refractivity contribution in [2.45, 2.75) is 18.2 Å². The Kier molecular flexibility index (Phi) is 3.73. The number of ether oxygens (including phenoxy) is 3. The minimum Gasteiger partial charge on any atom is -0.486 e. The summed E-state index contributed by atoms with van der Waals surface area (Å²) < 4.78 is 22.7. The van der Waals surface area contributed by atoms with E-state index in [-0.39, 0.29) is 11.8 Å². The van der Waals surface area contributed by atoms with Crippen LogP contribution in [0.25, 0.3) is 0 Å². The SMILES string of the molecule is O=C(Nc1ccc2c(c1)OCCO2)[C@@H]1[C@H]2C=C[C@@]3(CN(Cc4ccco4)C(=O)[C@@H]13)O2. The summed E-state index contributed by atoms with van der Waals surface area (Å²) in [6.45, 7) is 1.76. The van der Waals surface area contributed by atoms with Crippen LogP contribution in [0.5, 0.6) is 11.5 Å². The molecule has 4 aliphatic heterocycles. The van der Waals surface area contributed by atoms with E-state index < -0.39 is 23.5 Å². The zero-order chi connectivity index (χ0) is 20.3. The number of hydrogen-bond donors (Lipinski definition) is 1. The second-order valence-corrected chi connectivity index (χ2v) is 8.02. The number of nitrogens with zero attached hydrogens (tertiary/aromatic N) is 1. The first-order chi connectivity index (χ1) is 14.6. The molecule has 0 radical (unpaired) electrons. The second-order valence-electron chi connectivity index (χ2n) is 8.02. The van der Waals surface area contributed by atoms with Crippen LogP contribution in [-0.2, 0) is 20.9 Å². The predicted octanol–water partition coefficient (Wildman–Crippen LogP) is 1.97. The molecule has 2 saturated heterocycles. The van der Waals surface area contributed by atoms with Gasteiger partial charge in [0.25, 0.3) is 0 Å². The molecule has 154 valence electrons. The number of nitrogens with one attached hydrogen (secondary N) is 1. The van der Waals surface area contributed by atoms with Gasteiger partial charge in [0, 0.05) is 11.8 Å². The first-order valence-electron chi connectivity index (χ1n) is 10.0. The van der Waals surface area contributed by atoms with Crippen LogP contribution >= 0.6 is 0 Å². The highest BCUT2D eigenvalue weighted by atomic mass is 16.6. The predicted molar refractivity (Wildman–Crippen MR) is 104 cm³/mol. The van der Waals surface area contributed by atoms with Gasteiger partial charge in [0.05, 0.1) is 37.3 Å². The van der Waals surface area contributed by atoms with E-state index >= 15 is 0 Å². The van der Waals surface area contributed by atoms with E-state index in [1.54, 1.807) is 35.4 Å². The van der Waals surface area contributed by atoms with E-state index in [2.05, 4.69) is 5.32 Å². The molecular formula is C22H20N2O6. The number of fused-ring (bicyclic) bond motifs is 2. The van der Waals surface area contributed by atoms with Crippen LogP contribution in [0.1, 0.15) is 5.76 Å². The average molecular weight is 408 g/mol. The molecule has 0 saturated carbocycles. The Labute approximate surface area is 172 Å². The van der Waals surface area contributed by atoms with Crippen LogP contribution in [-0.4, -0.2) is 48.2 Å². The Hall–Kier alpha value is -3.26. The highest BCUT2D eigenvalue weighted by molar-refractivity contribution is 5.99. The minimum absolute atomic E-state index is 0.0828. The Morgan fingerprint density at radius 1 is 1.20 bits per heavy atom. The van der Waals surface area contributed by atoms with Gasteiger partial charge in [-0.1, -0.05) is 12.2 Å². The quantitative estimate of drug-likeness (QED) is 0.778. The highest BCUT2D eigenvalue weighted by Crippen LogP contribution is 2.52. The number of carbonyl (C=O) groups excluding carboxylic acids is 2. The molecule has 0 unspecified atom stereocenters. The van der Waals surface area contributed by atoms with Gasteiger partial charge in [-0.05, 0) is 24.3 Å². The molecular weight excluding hydrogens is 388 g/mol. The Morgan fingerprint density at radius 3 is 2.90 bits per heavy atom. The molecule has 2 amide bonds. The molecule has 4 atom stereocenters. The molecule has 8 heteroatoms. The number of rotatable bonds is 4.